The third-order valence-corrected chi connectivity index (χ3v) is 11.0. The number of hydrogen-bond acceptors (Lipinski definition) is 4. The molecular formula is C52H32N6. The molecule has 0 atom stereocenters. The first-order chi connectivity index (χ1) is 28.7. The van der Waals surface area contributed by atoms with Crippen molar-refractivity contribution in [2.75, 3.05) is 0 Å². The maximum absolute atomic E-state index is 10.2. The lowest BCUT2D eigenvalue weighted by molar-refractivity contribution is 1.06. The van der Waals surface area contributed by atoms with Gasteiger partial charge in [-0.1, -0.05) is 133 Å². The van der Waals surface area contributed by atoms with Crippen LogP contribution in [-0.2, 0) is 0 Å². The molecule has 0 saturated heterocycles. The lowest BCUT2D eigenvalue weighted by atomic mass is 9.95. The third kappa shape index (κ3) is 5.30. The van der Waals surface area contributed by atoms with E-state index in [0.29, 0.717) is 23.0 Å². The Morgan fingerprint density at radius 1 is 0.379 bits per heavy atom. The molecule has 11 rings (SSSR count). The predicted molar refractivity (Wildman–Crippen MR) is 235 cm³/mol. The minimum Gasteiger partial charge on any atom is -0.309 e. The molecule has 0 unspecified atom stereocenters. The minimum absolute atomic E-state index is 0.571. The maximum Gasteiger partial charge on any atom is 0.166 e. The van der Waals surface area contributed by atoms with Crippen LogP contribution in [-0.4, -0.2) is 24.1 Å². The summed E-state index contributed by atoms with van der Waals surface area (Å²) in [6.45, 7) is 0. The van der Waals surface area contributed by atoms with E-state index in [1.54, 1.807) is 0 Å². The fourth-order valence-corrected chi connectivity index (χ4v) is 8.51. The molecule has 270 valence electrons. The van der Waals surface area contributed by atoms with Gasteiger partial charge in [-0.3, -0.25) is 0 Å². The highest BCUT2D eigenvalue weighted by atomic mass is 15.1. The van der Waals surface area contributed by atoms with Crippen LogP contribution in [0, 0.1) is 11.3 Å². The van der Waals surface area contributed by atoms with Gasteiger partial charge in [0.25, 0.3) is 0 Å². The van der Waals surface area contributed by atoms with Crippen molar-refractivity contribution in [1.82, 2.24) is 24.1 Å². The van der Waals surface area contributed by atoms with Gasteiger partial charge in [0.15, 0.2) is 17.5 Å². The van der Waals surface area contributed by atoms with Gasteiger partial charge in [0.05, 0.1) is 39.4 Å². The van der Waals surface area contributed by atoms with E-state index in [1.807, 2.05) is 78.9 Å². The molecule has 0 aliphatic carbocycles. The van der Waals surface area contributed by atoms with Gasteiger partial charge in [-0.2, -0.15) is 5.26 Å². The molecule has 0 radical (unpaired) electrons. The maximum atomic E-state index is 10.2. The van der Waals surface area contributed by atoms with Gasteiger partial charge in [-0.25, -0.2) is 15.0 Å². The van der Waals surface area contributed by atoms with Crippen molar-refractivity contribution < 1.29 is 0 Å². The van der Waals surface area contributed by atoms with Crippen molar-refractivity contribution in [3.8, 4) is 62.7 Å². The summed E-state index contributed by atoms with van der Waals surface area (Å²) in [6, 6.07) is 69.1. The van der Waals surface area contributed by atoms with Gasteiger partial charge >= 0.3 is 0 Å². The van der Waals surface area contributed by atoms with Gasteiger partial charge in [-0.05, 0) is 71.8 Å². The molecule has 0 spiro atoms. The molecule has 6 heteroatoms. The lowest BCUT2D eigenvalue weighted by Crippen LogP contribution is -2.03. The van der Waals surface area contributed by atoms with E-state index in [2.05, 4.69) is 130 Å². The normalized spacial score (nSPS) is 11.4. The van der Waals surface area contributed by atoms with Crippen LogP contribution in [0.1, 0.15) is 5.56 Å². The Balaban J connectivity index is 1.20. The number of fused-ring (bicyclic) bond motifs is 6. The molecular weight excluding hydrogens is 709 g/mol. The Kier molecular flexibility index (Phi) is 7.76. The summed E-state index contributed by atoms with van der Waals surface area (Å²) in [5.74, 6) is 1.77. The van der Waals surface area contributed by atoms with E-state index >= 15 is 0 Å². The molecule has 11 aromatic rings. The van der Waals surface area contributed by atoms with Crippen molar-refractivity contribution in [1.29, 1.82) is 5.26 Å². The number of nitriles is 1. The van der Waals surface area contributed by atoms with Crippen LogP contribution in [0.2, 0.25) is 0 Å². The topological polar surface area (TPSA) is 72.3 Å². The zero-order valence-corrected chi connectivity index (χ0v) is 31.2. The van der Waals surface area contributed by atoms with E-state index < -0.39 is 0 Å². The monoisotopic (exact) mass is 740 g/mol. The Bertz CT molecular complexity index is 3340. The molecule has 3 heterocycles. The fraction of sp³-hybridized carbons (Fsp3) is 0. The molecule has 0 amide bonds. The van der Waals surface area contributed by atoms with Crippen LogP contribution < -0.4 is 0 Å². The van der Waals surface area contributed by atoms with E-state index in [-0.39, 0.29) is 0 Å². The zero-order chi connectivity index (χ0) is 38.6. The number of para-hydroxylation sites is 3. The van der Waals surface area contributed by atoms with Gasteiger partial charge in [0.1, 0.15) is 0 Å². The smallest absolute Gasteiger partial charge is 0.166 e. The summed E-state index contributed by atoms with van der Waals surface area (Å²) in [6.07, 6.45) is 0. The highest BCUT2D eigenvalue weighted by molar-refractivity contribution is 6.22. The molecule has 3 aromatic heterocycles. The molecule has 58 heavy (non-hydrogen) atoms. The number of aromatic nitrogens is 5. The van der Waals surface area contributed by atoms with Crippen molar-refractivity contribution >= 4 is 43.6 Å². The second kappa shape index (κ2) is 13.6. The Morgan fingerprint density at radius 3 is 1.55 bits per heavy atom. The Morgan fingerprint density at radius 2 is 0.879 bits per heavy atom. The van der Waals surface area contributed by atoms with Gasteiger partial charge < -0.3 is 9.13 Å². The predicted octanol–water partition coefficient (Wildman–Crippen LogP) is 12.6. The quantitative estimate of drug-likeness (QED) is 0.170. The van der Waals surface area contributed by atoms with Crippen molar-refractivity contribution in [2.24, 2.45) is 0 Å². The highest BCUT2D eigenvalue weighted by Gasteiger charge is 2.23. The van der Waals surface area contributed by atoms with Crippen LogP contribution in [0.5, 0.6) is 0 Å². The van der Waals surface area contributed by atoms with Gasteiger partial charge in [0.2, 0.25) is 0 Å². The first kappa shape index (κ1) is 33.2. The fourth-order valence-electron chi connectivity index (χ4n) is 8.51. The number of nitrogens with zero attached hydrogens (tertiary/aromatic N) is 6. The van der Waals surface area contributed by atoms with E-state index in [9.17, 15) is 5.26 Å². The second-order valence-electron chi connectivity index (χ2n) is 14.3. The number of hydrogen-bond donors (Lipinski definition) is 0. The molecule has 0 aliphatic rings. The molecule has 6 nitrogen and oxygen atoms in total. The first-order valence-electron chi connectivity index (χ1n) is 19.3. The number of benzene rings is 8. The van der Waals surface area contributed by atoms with Crippen LogP contribution in [0.4, 0.5) is 0 Å². The summed E-state index contributed by atoms with van der Waals surface area (Å²) in [5, 5.41) is 14.6. The minimum atomic E-state index is 0.571. The van der Waals surface area contributed by atoms with Gasteiger partial charge in [-0.15, -0.1) is 0 Å². The summed E-state index contributed by atoms with van der Waals surface area (Å²) in [7, 11) is 0. The van der Waals surface area contributed by atoms with E-state index in [1.165, 1.54) is 10.8 Å². The molecule has 0 aliphatic heterocycles. The Hall–Kier alpha value is -8.14. The van der Waals surface area contributed by atoms with E-state index in [4.69, 9.17) is 15.0 Å². The van der Waals surface area contributed by atoms with Crippen molar-refractivity contribution in [2.45, 2.75) is 0 Å². The summed E-state index contributed by atoms with van der Waals surface area (Å²) in [4.78, 5) is 15.2. The van der Waals surface area contributed by atoms with Gasteiger partial charge in [0, 0.05) is 43.9 Å². The van der Waals surface area contributed by atoms with Crippen LogP contribution in [0.3, 0.4) is 0 Å². The molecule has 0 fully saturated rings. The highest BCUT2D eigenvalue weighted by Crippen LogP contribution is 2.45. The lowest BCUT2D eigenvalue weighted by Gasteiger charge is -2.15. The summed E-state index contributed by atoms with van der Waals surface area (Å²) < 4.78 is 4.65. The van der Waals surface area contributed by atoms with Crippen LogP contribution in [0.25, 0.3) is 100 Å². The first-order valence-corrected chi connectivity index (χ1v) is 19.3. The summed E-state index contributed by atoms with van der Waals surface area (Å²) >= 11 is 0. The molecule has 0 bridgehead atoms. The molecule has 0 saturated carbocycles. The van der Waals surface area contributed by atoms with Crippen LogP contribution in [0.15, 0.2) is 194 Å². The van der Waals surface area contributed by atoms with Crippen molar-refractivity contribution in [3.63, 3.8) is 0 Å². The molecule has 8 aromatic carbocycles. The molecule has 0 N–H and O–H groups in total. The van der Waals surface area contributed by atoms with Crippen molar-refractivity contribution in [3.05, 3.63) is 200 Å². The third-order valence-electron chi connectivity index (χ3n) is 11.0. The average Bonchev–Trinajstić information content (AvgIpc) is 3.82. The average molecular weight is 741 g/mol. The van der Waals surface area contributed by atoms with E-state index in [0.717, 1.165) is 72.0 Å². The van der Waals surface area contributed by atoms with Crippen LogP contribution >= 0.6 is 0 Å². The second-order valence-corrected chi connectivity index (χ2v) is 14.3. The summed E-state index contributed by atoms with van der Waals surface area (Å²) in [5.41, 5.74) is 11.8. The standard InChI is InChI=1S/C52H32N6/c53-33-34-30-31-45-42(32-34)49-39(38-24-14-28-46-48(38)40-22-10-12-26-43(40)57(46)37-20-8-3-9-21-37)25-15-29-47(49)58(45)44-27-13-11-23-41(44)52-55-50(35-16-4-1-5-17-35)54-51(56-52)36-18-6-2-7-19-36/h1-32H. The SMILES string of the molecule is N#Cc1ccc2c(c1)c1c(-c3cccc4c3c3ccccc3n4-c3ccccc3)cccc1n2-c1ccccc1-c1nc(-c2ccccc2)nc(-c2ccccc2)n1. The number of rotatable bonds is 6. The Labute approximate surface area is 334 Å². The largest absolute Gasteiger partial charge is 0.309 e. The zero-order valence-electron chi connectivity index (χ0n) is 31.2.